The Hall–Kier alpha value is -1.02. The van der Waals surface area contributed by atoms with E-state index in [1.807, 2.05) is 12.1 Å². The van der Waals surface area contributed by atoms with Crippen LogP contribution in [0.1, 0.15) is 12.0 Å². The Morgan fingerprint density at radius 2 is 2.09 bits per heavy atom. The molecule has 1 N–H and O–H groups in total. The average Bonchev–Trinajstić information content (AvgIpc) is 2.89. The SMILES string of the molecule is CS(=O)(=O)NC[C@@H]1OC[C@H]2CCN(Cc3ccc(F)cc3)C[C@H]21. The second-order valence-electron chi connectivity index (χ2n) is 6.57. The molecule has 3 rings (SSSR count). The number of halogens is 1. The zero-order valence-corrected chi connectivity index (χ0v) is 14.1. The maximum atomic E-state index is 13.0. The molecular weight excluding hydrogens is 319 g/mol. The van der Waals surface area contributed by atoms with Gasteiger partial charge in [0.25, 0.3) is 0 Å². The van der Waals surface area contributed by atoms with E-state index in [9.17, 15) is 12.8 Å². The van der Waals surface area contributed by atoms with Crippen LogP contribution in [0.3, 0.4) is 0 Å². The van der Waals surface area contributed by atoms with Crippen LogP contribution in [-0.4, -0.2) is 51.9 Å². The molecule has 0 saturated carbocycles. The third-order valence-corrected chi connectivity index (χ3v) is 5.45. The summed E-state index contributed by atoms with van der Waals surface area (Å²) in [6, 6.07) is 6.60. The number of hydrogen-bond donors (Lipinski definition) is 1. The number of likely N-dealkylation sites (tertiary alicyclic amines) is 1. The van der Waals surface area contributed by atoms with Crippen LogP contribution < -0.4 is 4.72 Å². The Kier molecular flexibility index (Phi) is 5.01. The minimum atomic E-state index is -3.19. The molecule has 0 unspecified atom stereocenters. The van der Waals surface area contributed by atoms with Gasteiger partial charge in [0, 0.05) is 25.6 Å². The summed E-state index contributed by atoms with van der Waals surface area (Å²) in [5, 5.41) is 0. The van der Waals surface area contributed by atoms with E-state index in [-0.39, 0.29) is 11.9 Å². The fraction of sp³-hybridized carbons (Fsp3) is 0.625. The lowest BCUT2D eigenvalue weighted by atomic mass is 9.84. The fourth-order valence-corrected chi connectivity index (χ4v) is 4.00. The first-order valence-electron chi connectivity index (χ1n) is 7.94. The molecular formula is C16H23FN2O3S. The lowest BCUT2D eigenvalue weighted by Gasteiger charge is -2.36. The highest BCUT2D eigenvalue weighted by molar-refractivity contribution is 7.88. The number of nitrogens with zero attached hydrogens (tertiary/aromatic N) is 1. The summed E-state index contributed by atoms with van der Waals surface area (Å²) >= 11 is 0. The van der Waals surface area contributed by atoms with Crippen LogP contribution in [0.2, 0.25) is 0 Å². The molecule has 7 heteroatoms. The van der Waals surface area contributed by atoms with Crippen molar-refractivity contribution in [3.8, 4) is 0 Å². The monoisotopic (exact) mass is 342 g/mol. The molecule has 2 saturated heterocycles. The predicted octanol–water partition coefficient (Wildman–Crippen LogP) is 1.21. The number of piperidine rings is 1. The third-order valence-electron chi connectivity index (χ3n) is 4.76. The third kappa shape index (κ3) is 4.50. The van der Waals surface area contributed by atoms with E-state index < -0.39 is 10.0 Å². The van der Waals surface area contributed by atoms with Gasteiger partial charge in [-0.1, -0.05) is 12.1 Å². The largest absolute Gasteiger partial charge is 0.376 e. The highest BCUT2D eigenvalue weighted by atomic mass is 32.2. The van der Waals surface area contributed by atoms with E-state index >= 15 is 0 Å². The van der Waals surface area contributed by atoms with Crippen LogP contribution in [0.4, 0.5) is 4.39 Å². The number of sulfonamides is 1. The first kappa shape index (κ1) is 16.8. The lowest BCUT2D eigenvalue weighted by molar-refractivity contribution is 0.0776. The fourth-order valence-electron chi connectivity index (χ4n) is 3.54. The second-order valence-corrected chi connectivity index (χ2v) is 8.40. The summed E-state index contributed by atoms with van der Waals surface area (Å²) in [5.74, 6) is 0.632. The van der Waals surface area contributed by atoms with Crippen molar-refractivity contribution in [1.82, 2.24) is 9.62 Å². The minimum Gasteiger partial charge on any atom is -0.376 e. The number of fused-ring (bicyclic) bond motifs is 1. The Bertz CT molecular complexity index is 635. The number of hydrogen-bond acceptors (Lipinski definition) is 4. The van der Waals surface area contributed by atoms with Gasteiger partial charge in [0.15, 0.2) is 0 Å². The van der Waals surface area contributed by atoms with Gasteiger partial charge in [-0.2, -0.15) is 0 Å². The van der Waals surface area contributed by atoms with Crippen LogP contribution in [0.15, 0.2) is 24.3 Å². The summed E-state index contributed by atoms with van der Waals surface area (Å²) in [5.41, 5.74) is 1.09. The van der Waals surface area contributed by atoms with Gasteiger partial charge in [0.05, 0.1) is 19.0 Å². The molecule has 0 bridgehead atoms. The van der Waals surface area contributed by atoms with Crippen LogP contribution in [-0.2, 0) is 21.3 Å². The molecule has 1 aromatic rings. The Morgan fingerprint density at radius 1 is 1.35 bits per heavy atom. The predicted molar refractivity (Wildman–Crippen MR) is 85.9 cm³/mol. The molecule has 2 heterocycles. The summed E-state index contributed by atoms with van der Waals surface area (Å²) in [4.78, 5) is 2.34. The summed E-state index contributed by atoms with van der Waals surface area (Å²) in [7, 11) is -3.19. The second kappa shape index (κ2) is 6.84. The van der Waals surface area contributed by atoms with Crippen molar-refractivity contribution in [2.24, 2.45) is 11.8 Å². The first-order chi connectivity index (χ1) is 10.9. The van der Waals surface area contributed by atoms with Gasteiger partial charge in [-0.25, -0.2) is 17.5 Å². The van der Waals surface area contributed by atoms with Crippen molar-refractivity contribution in [2.45, 2.75) is 19.1 Å². The van der Waals surface area contributed by atoms with Crippen molar-refractivity contribution >= 4 is 10.0 Å². The molecule has 0 radical (unpaired) electrons. The molecule has 3 atom stereocenters. The van der Waals surface area contributed by atoms with Gasteiger partial charge < -0.3 is 4.74 Å². The number of benzene rings is 1. The van der Waals surface area contributed by atoms with Gasteiger partial charge in [0.2, 0.25) is 10.0 Å². The smallest absolute Gasteiger partial charge is 0.208 e. The van der Waals surface area contributed by atoms with Crippen molar-refractivity contribution in [2.75, 3.05) is 32.5 Å². The van der Waals surface area contributed by atoms with E-state index in [0.717, 1.165) is 31.6 Å². The van der Waals surface area contributed by atoms with Crippen molar-refractivity contribution in [3.63, 3.8) is 0 Å². The van der Waals surface area contributed by atoms with E-state index in [0.29, 0.717) is 25.0 Å². The average molecular weight is 342 g/mol. The Morgan fingerprint density at radius 3 is 2.78 bits per heavy atom. The normalized spacial score (nSPS) is 28.7. The van der Waals surface area contributed by atoms with Gasteiger partial charge in [-0.3, -0.25) is 4.90 Å². The van der Waals surface area contributed by atoms with Gasteiger partial charge in [-0.15, -0.1) is 0 Å². The van der Waals surface area contributed by atoms with Gasteiger partial charge in [0.1, 0.15) is 5.82 Å². The number of nitrogens with one attached hydrogen (secondary N) is 1. The molecule has 1 aromatic carbocycles. The van der Waals surface area contributed by atoms with Crippen molar-refractivity contribution < 1.29 is 17.5 Å². The molecule has 5 nitrogen and oxygen atoms in total. The van der Waals surface area contributed by atoms with Crippen LogP contribution in [0.5, 0.6) is 0 Å². The quantitative estimate of drug-likeness (QED) is 0.874. The lowest BCUT2D eigenvalue weighted by Crippen LogP contribution is -2.44. The van der Waals surface area contributed by atoms with E-state index in [2.05, 4.69) is 9.62 Å². The standard InChI is InChI=1S/C16H23FN2O3S/c1-23(20,21)18-8-16-15-10-19(7-6-13(15)11-22-16)9-12-2-4-14(17)5-3-12/h2-5,13,15-16,18H,6-11H2,1H3/t13-,15-,16+/m1/s1. The summed E-state index contributed by atoms with van der Waals surface area (Å²) in [6.07, 6.45) is 2.16. The molecule has 0 aliphatic carbocycles. The molecule has 2 aliphatic heterocycles. The van der Waals surface area contributed by atoms with E-state index in [1.165, 1.54) is 18.4 Å². The highest BCUT2D eigenvalue weighted by Gasteiger charge is 2.40. The van der Waals surface area contributed by atoms with Crippen molar-refractivity contribution in [1.29, 1.82) is 0 Å². The number of ether oxygens (including phenoxy) is 1. The first-order valence-corrected chi connectivity index (χ1v) is 9.83. The van der Waals surface area contributed by atoms with E-state index in [1.54, 1.807) is 0 Å². The topological polar surface area (TPSA) is 58.6 Å². The molecule has 2 fully saturated rings. The van der Waals surface area contributed by atoms with Gasteiger partial charge >= 0.3 is 0 Å². The Balaban J connectivity index is 1.59. The summed E-state index contributed by atoms with van der Waals surface area (Å²) in [6.45, 7) is 3.72. The van der Waals surface area contributed by atoms with Crippen LogP contribution in [0, 0.1) is 17.7 Å². The molecule has 23 heavy (non-hydrogen) atoms. The molecule has 0 amide bonds. The zero-order chi connectivity index (χ0) is 16.4. The highest BCUT2D eigenvalue weighted by Crippen LogP contribution is 2.34. The summed E-state index contributed by atoms with van der Waals surface area (Å²) < 4.78 is 43.9. The van der Waals surface area contributed by atoms with Crippen LogP contribution in [0.25, 0.3) is 0 Å². The number of rotatable bonds is 5. The molecule has 2 aliphatic rings. The van der Waals surface area contributed by atoms with Gasteiger partial charge in [-0.05, 0) is 36.6 Å². The van der Waals surface area contributed by atoms with E-state index in [4.69, 9.17) is 4.74 Å². The Labute approximate surface area is 136 Å². The van der Waals surface area contributed by atoms with Crippen molar-refractivity contribution in [3.05, 3.63) is 35.6 Å². The molecule has 0 spiro atoms. The maximum Gasteiger partial charge on any atom is 0.208 e. The molecule has 0 aromatic heterocycles. The zero-order valence-electron chi connectivity index (χ0n) is 13.2. The molecule has 128 valence electrons. The maximum absolute atomic E-state index is 13.0. The van der Waals surface area contributed by atoms with Crippen LogP contribution >= 0.6 is 0 Å². The minimum absolute atomic E-state index is 0.0641.